The molecule has 0 aliphatic rings. The van der Waals surface area contributed by atoms with Crippen molar-refractivity contribution in [2.24, 2.45) is 0 Å². The SMILES string of the molecule is COP(=O)(Nc1ccccc1)C(C)c1ccccc1. The van der Waals surface area contributed by atoms with Crippen molar-refractivity contribution in [3.8, 4) is 0 Å². The smallest absolute Gasteiger partial charge is 0.300 e. The fourth-order valence-electron chi connectivity index (χ4n) is 1.92. The summed E-state index contributed by atoms with van der Waals surface area (Å²) in [6.45, 7) is 1.91. The summed E-state index contributed by atoms with van der Waals surface area (Å²) in [6.07, 6.45) is 0. The quantitative estimate of drug-likeness (QED) is 0.804. The van der Waals surface area contributed by atoms with E-state index in [4.69, 9.17) is 4.52 Å². The van der Waals surface area contributed by atoms with Crippen LogP contribution in [0.3, 0.4) is 0 Å². The zero-order valence-electron chi connectivity index (χ0n) is 11.1. The molecule has 2 aromatic carbocycles. The summed E-state index contributed by atoms with van der Waals surface area (Å²) in [5.74, 6) is 0. The van der Waals surface area contributed by atoms with Gasteiger partial charge in [0.05, 0.1) is 5.66 Å². The van der Waals surface area contributed by atoms with Crippen molar-refractivity contribution in [2.75, 3.05) is 12.2 Å². The lowest BCUT2D eigenvalue weighted by molar-refractivity contribution is 0.390. The van der Waals surface area contributed by atoms with Crippen LogP contribution in [0.2, 0.25) is 0 Å². The molecule has 2 rings (SSSR count). The number of benzene rings is 2. The first-order valence-corrected chi connectivity index (χ1v) is 7.89. The molecule has 0 saturated carbocycles. The molecule has 0 radical (unpaired) electrons. The topological polar surface area (TPSA) is 38.3 Å². The van der Waals surface area contributed by atoms with Crippen molar-refractivity contribution in [2.45, 2.75) is 12.6 Å². The highest BCUT2D eigenvalue weighted by Crippen LogP contribution is 2.58. The lowest BCUT2D eigenvalue weighted by Gasteiger charge is -2.25. The third-order valence-electron chi connectivity index (χ3n) is 3.12. The Bertz CT molecular complexity index is 557. The van der Waals surface area contributed by atoms with Crippen molar-refractivity contribution in [3.63, 3.8) is 0 Å². The lowest BCUT2D eigenvalue weighted by Crippen LogP contribution is -2.06. The molecule has 19 heavy (non-hydrogen) atoms. The molecule has 2 unspecified atom stereocenters. The molecule has 0 bridgehead atoms. The summed E-state index contributed by atoms with van der Waals surface area (Å²) in [5.41, 5.74) is 1.59. The van der Waals surface area contributed by atoms with Crippen LogP contribution in [0.1, 0.15) is 18.1 Å². The third kappa shape index (κ3) is 3.25. The van der Waals surface area contributed by atoms with Crippen molar-refractivity contribution >= 4 is 13.2 Å². The van der Waals surface area contributed by atoms with Gasteiger partial charge >= 0.3 is 7.52 Å². The number of hydrogen-bond donors (Lipinski definition) is 1. The van der Waals surface area contributed by atoms with Crippen molar-refractivity contribution in [3.05, 3.63) is 66.2 Å². The van der Waals surface area contributed by atoms with Crippen LogP contribution in [0.15, 0.2) is 60.7 Å². The van der Waals surface area contributed by atoms with E-state index in [1.165, 1.54) is 7.11 Å². The van der Waals surface area contributed by atoms with Crippen LogP contribution >= 0.6 is 7.52 Å². The van der Waals surface area contributed by atoms with Crippen LogP contribution in [0, 0.1) is 0 Å². The second kappa shape index (κ2) is 6.05. The fourth-order valence-corrected chi connectivity index (χ4v) is 3.60. The predicted molar refractivity (Wildman–Crippen MR) is 79.5 cm³/mol. The van der Waals surface area contributed by atoms with E-state index in [1.807, 2.05) is 67.6 Å². The van der Waals surface area contributed by atoms with Crippen LogP contribution < -0.4 is 5.09 Å². The Morgan fingerprint density at radius 1 is 1.00 bits per heavy atom. The molecule has 4 heteroatoms. The first-order valence-electron chi connectivity index (χ1n) is 6.19. The van der Waals surface area contributed by atoms with Gasteiger partial charge in [-0.15, -0.1) is 0 Å². The number of nitrogens with one attached hydrogen (secondary N) is 1. The van der Waals surface area contributed by atoms with E-state index in [0.29, 0.717) is 0 Å². The predicted octanol–water partition coefficient (Wildman–Crippen LogP) is 4.70. The standard InChI is InChI=1S/C15H18NO2P/c1-13(14-9-5-3-6-10-14)19(17,18-2)16-15-11-7-4-8-12-15/h3-13H,1-2H3,(H,16,17). The van der Waals surface area contributed by atoms with Gasteiger partial charge in [0.2, 0.25) is 0 Å². The Labute approximate surface area is 114 Å². The molecule has 0 spiro atoms. The number of anilines is 1. The van der Waals surface area contributed by atoms with Crippen LogP contribution in [0.25, 0.3) is 0 Å². The summed E-state index contributed by atoms with van der Waals surface area (Å²) in [5, 5.41) is 3.04. The van der Waals surface area contributed by atoms with E-state index >= 15 is 0 Å². The van der Waals surface area contributed by atoms with Gasteiger partial charge in [-0.2, -0.15) is 0 Å². The highest BCUT2D eigenvalue weighted by Gasteiger charge is 2.31. The number of para-hydroxylation sites is 1. The van der Waals surface area contributed by atoms with E-state index in [1.54, 1.807) is 0 Å². The normalized spacial score (nSPS) is 15.5. The molecule has 0 aliphatic heterocycles. The first kappa shape index (κ1) is 13.9. The van der Waals surface area contributed by atoms with Gasteiger partial charge in [-0.1, -0.05) is 48.5 Å². The van der Waals surface area contributed by atoms with Gasteiger partial charge < -0.3 is 9.61 Å². The number of rotatable bonds is 5. The molecule has 0 fully saturated rings. The molecule has 1 N–H and O–H groups in total. The molecule has 0 amide bonds. The van der Waals surface area contributed by atoms with Crippen molar-refractivity contribution < 1.29 is 9.09 Å². The molecule has 0 aliphatic carbocycles. The maximum absolute atomic E-state index is 12.9. The van der Waals surface area contributed by atoms with Gasteiger partial charge in [0.25, 0.3) is 0 Å². The van der Waals surface area contributed by atoms with Crippen LogP contribution in [0.4, 0.5) is 5.69 Å². The maximum Gasteiger partial charge on any atom is 0.300 e. The van der Waals surface area contributed by atoms with Crippen LogP contribution in [-0.4, -0.2) is 7.11 Å². The summed E-state index contributed by atoms with van der Waals surface area (Å²) >= 11 is 0. The highest BCUT2D eigenvalue weighted by atomic mass is 31.2. The van der Waals surface area contributed by atoms with Gasteiger partial charge in [0.15, 0.2) is 0 Å². The largest absolute Gasteiger partial charge is 0.316 e. The van der Waals surface area contributed by atoms with E-state index in [9.17, 15) is 4.57 Å². The minimum absolute atomic E-state index is 0.209. The van der Waals surface area contributed by atoms with Crippen LogP contribution in [0.5, 0.6) is 0 Å². The Hall–Kier alpha value is -1.57. The van der Waals surface area contributed by atoms with E-state index < -0.39 is 7.52 Å². The second-order valence-electron chi connectivity index (χ2n) is 4.34. The second-order valence-corrected chi connectivity index (χ2v) is 6.90. The minimum atomic E-state index is -2.99. The molecular weight excluding hydrogens is 257 g/mol. The average molecular weight is 275 g/mol. The first-order chi connectivity index (χ1) is 9.15. The fraction of sp³-hybridized carbons (Fsp3) is 0.200. The molecule has 0 aromatic heterocycles. The maximum atomic E-state index is 12.9. The molecular formula is C15H18NO2P. The summed E-state index contributed by atoms with van der Waals surface area (Å²) in [6, 6.07) is 19.2. The highest BCUT2D eigenvalue weighted by molar-refractivity contribution is 7.60. The van der Waals surface area contributed by atoms with Gasteiger partial charge in [0.1, 0.15) is 0 Å². The lowest BCUT2D eigenvalue weighted by atomic mass is 10.2. The Kier molecular flexibility index (Phi) is 4.41. The van der Waals surface area contributed by atoms with E-state index in [-0.39, 0.29) is 5.66 Å². The van der Waals surface area contributed by atoms with Crippen LogP contribution in [-0.2, 0) is 9.09 Å². The third-order valence-corrected chi connectivity index (χ3v) is 5.55. The van der Waals surface area contributed by atoms with E-state index in [0.717, 1.165) is 11.3 Å². The summed E-state index contributed by atoms with van der Waals surface area (Å²) in [7, 11) is -1.50. The van der Waals surface area contributed by atoms with Crippen molar-refractivity contribution in [1.29, 1.82) is 0 Å². The van der Waals surface area contributed by atoms with Gasteiger partial charge in [-0.05, 0) is 24.6 Å². The summed E-state index contributed by atoms with van der Waals surface area (Å²) in [4.78, 5) is 0. The molecule has 100 valence electrons. The van der Waals surface area contributed by atoms with Gasteiger partial charge in [-0.3, -0.25) is 4.57 Å². The molecule has 0 saturated heterocycles. The molecule has 0 heterocycles. The van der Waals surface area contributed by atoms with Gasteiger partial charge in [0, 0.05) is 12.8 Å². The average Bonchev–Trinajstić information content (AvgIpc) is 2.48. The Balaban J connectivity index is 2.25. The zero-order chi connectivity index (χ0) is 13.7. The Morgan fingerprint density at radius 3 is 2.05 bits per heavy atom. The van der Waals surface area contributed by atoms with E-state index in [2.05, 4.69) is 5.09 Å². The van der Waals surface area contributed by atoms with Crippen molar-refractivity contribution in [1.82, 2.24) is 0 Å². The van der Waals surface area contributed by atoms with Gasteiger partial charge in [-0.25, -0.2) is 0 Å². The monoisotopic (exact) mass is 275 g/mol. The molecule has 2 aromatic rings. The minimum Gasteiger partial charge on any atom is -0.316 e. The molecule has 3 nitrogen and oxygen atoms in total. The zero-order valence-corrected chi connectivity index (χ0v) is 12.0. The Morgan fingerprint density at radius 2 is 1.53 bits per heavy atom. The summed E-state index contributed by atoms with van der Waals surface area (Å²) < 4.78 is 18.2. The number of hydrogen-bond acceptors (Lipinski definition) is 2. The molecule has 2 atom stereocenters.